The monoisotopic (exact) mass is 287 g/mol. The van der Waals surface area contributed by atoms with Crippen molar-refractivity contribution in [3.05, 3.63) is 29.8 Å². The van der Waals surface area contributed by atoms with E-state index in [2.05, 4.69) is 22.3 Å². The van der Waals surface area contributed by atoms with E-state index >= 15 is 0 Å². The molecule has 0 bridgehead atoms. The Morgan fingerprint density at radius 3 is 2.81 bits per heavy atom. The van der Waals surface area contributed by atoms with E-state index < -0.39 is 0 Å². The van der Waals surface area contributed by atoms with Crippen LogP contribution in [-0.2, 0) is 11.3 Å². The fourth-order valence-electron chi connectivity index (χ4n) is 2.65. The van der Waals surface area contributed by atoms with E-state index in [4.69, 9.17) is 14.5 Å². The fourth-order valence-corrected chi connectivity index (χ4v) is 2.65. The molecule has 1 aliphatic rings. The van der Waals surface area contributed by atoms with Gasteiger partial charge >= 0.3 is 0 Å². The molecule has 1 aromatic carbocycles. The predicted octanol–water partition coefficient (Wildman–Crippen LogP) is 2.12. The number of ether oxygens (including phenoxy) is 2. The average molecular weight is 287 g/mol. The van der Waals surface area contributed by atoms with Crippen molar-refractivity contribution < 1.29 is 9.47 Å². The van der Waals surface area contributed by atoms with Crippen molar-refractivity contribution in [3.8, 4) is 5.75 Å². The summed E-state index contributed by atoms with van der Waals surface area (Å²) in [4.78, 5) is 7.12. The first-order chi connectivity index (χ1) is 10.3. The SMILES string of the molecule is CNc1nc2cc(OC)ccc2cc1CN1CCOCC1. The largest absolute Gasteiger partial charge is 0.497 e. The van der Waals surface area contributed by atoms with E-state index in [9.17, 15) is 0 Å². The summed E-state index contributed by atoms with van der Waals surface area (Å²) in [6, 6.07) is 8.21. The molecule has 112 valence electrons. The Hall–Kier alpha value is -1.85. The lowest BCUT2D eigenvalue weighted by molar-refractivity contribution is 0.0342. The molecule has 0 radical (unpaired) electrons. The highest BCUT2D eigenvalue weighted by Crippen LogP contribution is 2.25. The van der Waals surface area contributed by atoms with Crippen LogP contribution in [0.3, 0.4) is 0 Å². The second kappa shape index (κ2) is 6.28. The van der Waals surface area contributed by atoms with E-state index in [-0.39, 0.29) is 0 Å². The standard InChI is InChI=1S/C16H21N3O2/c1-17-16-13(11-19-5-7-21-8-6-19)9-12-3-4-14(20-2)10-15(12)18-16/h3-4,9-10H,5-8,11H2,1-2H3,(H,17,18). The van der Waals surface area contributed by atoms with Crippen molar-refractivity contribution in [3.63, 3.8) is 0 Å². The zero-order valence-electron chi connectivity index (χ0n) is 12.6. The van der Waals surface area contributed by atoms with Crippen LogP contribution in [0.15, 0.2) is 24.3 Å². The summed E-state index contributed by atoms with van der Waals surface area (Å²) in [5.41, 5.74) is 2.17. The number of pyridine rings is 1. The van der Waals surface area contributed by atoms with Gasteiger partial charge in [-0.05, 0) is 18.2 Å². The number of methoxy groups -OCH3 is 1. The lowest BCUT2D eigenvalue weighted by Gasteiger charge is -2.27. The van der Waals surface area contributed by atoms with Gasteiger partial charge in [0.25, 0.3) is 0 Å². The van der Waals surface area contributed by atoms with Gasteiger partial charge in [0.05, 0.1) is 25.8 Å². The minimum atomic E-state index is 0.813. The van der Waals surface area contributed by atoms with Gasteiger partial charge in [-0.15, -0.1) is 0 Å². The first-order valence-electron chi connectivity index (χ1n) is 7.25. The van der Waals surface area contributed by atoms with E-state index in [0.29, 0.717) is 0 Å². The van der Waals surface area contributed by atoms with Crippen LogP contribution in [0.1, 0.15) is 5.56 Å². The van der Waals surface area contributed by atoms with Crippen molar-refractivity contribution in [2.75, 3.05) is 45.8 Å². The van der Waals surface area contributed by atoms with E-state index in [1.54, 1.807) is 7.11 Å². The predicted molar refractivity (Wildman–Crippen MR) is 83.9 cm³/mol. The molecule has 5 heteroatoms. The normalized spacial score (nSPS) is 16.1. The Labute approximate surface area is 124 Å². The molecule has 1 saturated heterocycles. The first-order valence-corrected chi connectivity index (χ1v) is 7.25. The zero-order valence-corrected chi connectivity index (χ0v) is 12.6. The number of anilines is 1. The molecule has 2 heterocycles. The van der Waals surface area contributed by atoms with Gasteiger partial charge in [-0.1, -0.05) is 0 Å². The van der Waals surface area contributed by atoms with E-state index in [1.807, 2.05) is 19.2 Å². The minimum absolute atomic E-state index is 0.813. The van der Waals surface area contributed by atoms with Crippen molar-refractivity contribution in [2.45, 2.75) is 6.54 Å². The summed E-state index contributed by atoms with van der Waals surface area (Å²) in [5, 5.41) is 4.34. The molecule has 21 heavy (non-hydrogen) atoms. The molecule has 0 unspecified atom stereocenters. The maximum absolute atomic E-state index is 5.40. The van der Waals surface area contributed by atoms with Gasteiger partial charge in [0.15, 0.2) is 0 Å². The zero-order chi connectivity index (χ0) is 14.7. The first kappa shape index (κ1) is 14.1. The van der Waals surface area contributed by atoms with E-state index in [0.717, 1.165) is 55.3 Å². The third-order valence-corrected chi connectivity index (χ3v) is 3.84. The summed E-state index contributed by atoms with van der Waals surface area (Å²) < 4.78 is 10.7. The Balaban J connectivity index is 1.93. The summed E-state index contributed by atoms with van der Waals surface area (Å²) in [6.07, 6.45) is 0. The third kappa shape index (κ3) is 3.09. The summed E-state index contributed by atoms with van der Waals surface area (Å²) >= 11 is 0. The molecule has 1 N–H and O–H groups in total. The molecule has 0 saturated carbocycles. The van der Waals surface area contributed by atoms with Crippen LogP contribution in [0, 0.1) is 0 Å². The topological polar surface area (TPSA) is 46.6 Å². The molecular weight excluding hydrogens is 266 g/mol. The van der Waals surface area contributed by atoms with Crippen LogP contribution in [0.2, 0.25) is 0 Å². The number of hydrogen-bond acceptors (Lipinski definition) is 5. The van der Waals surface area contributed by atoms with Crippen LogP contribution in [0.25, 0.3) is 10.9 Å². The van der Waals surface area contributed by atoms with Gasteiger partial charge in [0.2, 0.25) is 0 Å². The molecule has 0 spiro atoms. The molecule has 1 aliphatic heterocycles. The lowest BCUT2D eigenvalue weighted by atomic mass is 10.1. The average Bonchev–Trinajstić information content (AvgIpc) is 2.54. The molecule has 2 aromatic rings. The molecule has 0 amide bonds. The number of fused-ring (bicyclic) bond motifs is 1. The highest BCUT2D eigenvalue weighted by atomic mass is 16.5. The van der Waals surface area contributed by atoms with Crippen molar-refractivity contribution in [2.24, 2.45) is 0 Å². The number of aromatic nitrogens is 1. The number of benzene rings is 1. The van der Waals surface area contributed by atoms with Gasteiger partial charge in [0, 0.05) is 43.7 Å². The summed E-state index contributed by atoms with van der Waals surface area (Å²) in [6.45, 7) is 4.47. The third-order valence-electron chi connectivity index (χ3n) is 3.84. The summed E-state index contributed by atoms with van der Waals surface area (Å²) in [7, 11) is 3.59. The van der Waals surface area contributed by atoms with Crippen LogP contribution in [0.5, 0.6) is 5.75 Å². The molecule has 1 aromatic heterocycles. The summed E-state index contributed by atoms with van der Waals surface area (Å²) in [5.74, 6) is 1.76. The maximum Gasteiger partial charge on any atom is 0.130 e. The van der Waals surface area contributed by atoms with Crippen molar-refractivity contribution in [1.82, 2.24) is 9.88 Å². The van der Waals surface area contributed by atoms with E-state index in [1.165, 1.54) is 5.56 Å². The van der Waals surface area contributed by atoms with Crippen LogP contribution < -0.4 is 10.1 Å². The molecular formula is C16H21N3O2. The smallest absolute Gasteiger partial charge is 0.130 e. The van der Waals surface area contributed by atoms with Gasteiger partial charge in [-0.3, -0.25) is 4.90 Å². The van der Waals surface area contributed by atoms with Gasteiger partial charge in [-0.25, -0.2) is 4.98 Å². The van der Waals surface area contributed by atoms with Gasteiger partial charge in [-0.2, -0.15) is 0 Å². The quantitative estimate of drug-likeness (QED) is 0.933. The highest BCUT2D eigenvalue weighted by Gasteiger charge is 2.14. The second-order valence-electron chi connectivity index (χ2n) is 5.19. The molecule has 0 atom stereocenters. The van der Waals surface area contributed by atoms with Crippen molar-refractivity contribution >= 4 is 16.7 Å². The molecule has 1 fully saturated rings. The highest BCUT2D eigenvalue weighted by molar-refractivity contribution is 5.83. The number of morpholine rings is 1. The van der Waals surface area contributed by atoms with Gasteiger partial charge < -0.3 is 14.8 Å². The van der Waals surface area contributed by atoms with Crippen LogP contribution in [-0.4, -0.2) is 50.3 Å². The minimum Gasteiger partial charge on any atom is -0.497 e. The fraction of sp³-hybridized carbons (Fsp3) is 0.438. The van der Waals surface area contributed by atoms with Crippen LogP contribution >= 0.6 is 0 Å². The Bertz CT molecular complexity index is 624. The van der Waals surface area contributed by atoms with Crippen LogP contribution in [0.4, 0.5) is 5.82 Å². The number of nitrogens with one attached hydrogen (secondary N) is 1. The Morgan fingerprint density at radius 1 is 1.29 bits per heavy atom. The Kier molecular flexibility index (Phi) is 4.22. The number of rotatable bonds is 4. The van der Waals surface area contributed by atoms with Gasteiger partial charge in [0.1, 0.15) is 11.6 Å². The molecule has 3 rings (SSSR count). The molecule has 0 aliphatic carbocycles. The van der Waals surface area contributed by atoms with Crippen molar-refractivity contribution in [1.29, 1.82) is 0 Å². The number of nitrogens with zero attached hydrogens (tertiary/aromatic N) is 2. The Morgan fingerprint density at radius 2 is 2.10 bits per heavy atom. The number of hydrogen-bond donors (Lipinski definition) is 1. The lowest BCUT2D eigenvalue weighted by Crippen LogP contribution is -2.35. The maximum atomic E-state index is 5.40. The molecule has 5 nitrogen and oxygen atoms in total. The second-order valence-corrected chi connectivity index (χ2v) is 5.19.